The average molecular weight is 484 g/mol. The number of benzene rings is 2. The van der Waals surface area contributed by atoms with Crippen LogP contribution in [0.4, 0.5) is 5.82 Å². The van der Waals surface area contributed by atoms with Gasteiger partial charge in [-0.05, 0) is 17.7 Å². The molecule has 9 nitrogen and oxygen atoms in total. The molecule has 1 saturated heterocycles. The largest absolute Gasteiger partial charge is 0.490 e. The third-order valence-electron chi connectivity index (χ3n) is 6.22. The summed E-state index contributed by atoms with van der Waals surface area (Å²) in [4.78, 5) is 2.44. The van der Waals surface area contributed by atoms with E-state index in [1.54, 1.807) is 29.1 Å². The fourth-order valence-electron chi connectivity index (χ4n) is 4.26. The molecule has 2 aromatic carbocycles. The number of ether oxygens (including phenoxy) is 2. The number of fused-ring (bicyclic) bond motifs is 1. The van der Waals surface area contributed by atoms with Gasteiger partial charge in [0.1, 0.15) is 5.82 Å². The van der Waals surface area contributed by atoms with E-state index in [0.29, 0.717) is 69.8 Å². The summed E-state index contributed by atoms with van der Waals surface area (Å²) >= 11 is 0. The van der Waals surface area contributed by atoms with Gasteiger partial charge in [-0.2, -0.15) is 9.40 Å². The lowest BCUT2D eigenvalue weighted by molar-refractivity contribution is 0.182. The van der Waals surface area contributed by atoms with Crippen molar-refractivity contribution in [3.8, 4) is 11.5 Å². The Morgan fingerprint density at radius 2 is 1.65 bits per heavy atom. The molecule has 2 N–H and O–H groups in total. The molecular weight excluding hydrogens is 454 g/mol. The zero-order valence-corrected chi connectivity index (χ0v) is 19.8. The van der Waals surface area contributed by atoms with Gasteiger partial charge in [-0.1, -0.05) is 30.3 Å². The van der Waals surface area contributed by atoms with E-state index in [1.807, 2.05) is 30.3 Å². The van der Waals surface area contributed by atoms with Crippen LogP contribution in [0.2, 0.25) is 0 Å². The van der Waals surface area contributed by atoms with Crippen LogP contribution in [0.15, 0.2) is 59.6 Å². The minimum Gasteiger partial charge on any atom is -0.490 e. The maximum absolute atomic E-state index is 13.2. The molecule has 3 aromatic rings. The number of sulfonamides is 1. The molecule has 1 aromatic heterocycles. The molecule has 2 aliphatic rings. The fraction of sp³-hybridized carbons (Fsp3) is 0.375. The van der Waals surface area contributed by atoms with E-state index in [-0.39, 0.29) is 4.90 Å². The molecular formula is C24H29N5O4S. The molecule has 1 fully saturated rings. The van der Waals surface area contributed by atoms with Gasteiger partial charge in [0.05, 0.1) is 30.9 Å². The number of rotatable bonds is 6. The third-order valence-corrected chi connectivity index (χ3v) is 8.11. The van der Waals surface area contributed by atoms with E-state index >= 15 is 0 Å². The second-order valence-corrected chi connectivity index (χ2v) is 10.5. The minimum atomic E-state index is -3.61. The summed E-state index contributed by atoms with van der Waals surface area (Å²) in [5.41, 5.74) is 8.44. The summed E-state index contributed by atoms with van der Waals surface area (Å²) in [7, 11) is -3.61. The summed E-state index contributed by atoms with van der Waals surface area (Å²) in [6.45, 7) is 4.40. The molecule has 0 unspecified atom stereocenters. The average Bonchev–Trinajstić information content (AvgIpc) is 3.05. The van der Waals surface area contributed by atoms with Gasteiger partial charge in [0, 0.05) is 50.8 Å². The number of aromatic nitrogens is 2. The number of nitrogens with zero attached hydrogens (tertiary/aromatic N) is 4. The van der Waals surface area contributed by atoms with E-state index in [2.05, 4.69) is 10.00 Å². The first-order chi connectivity index (χ1) is 16.5. The lowest BCUT2D eigenvalue weighted by Crippen LogP contribution is -2.48. The Morgan fingerprint density at radius 1 is 0.912 bits per heavy atom. The summed E-state index contributed by atoms with van der Waals surface area (Å²) in [6.07, 6.45) is 2.58. The van der Waals surface area contributed by atoms with Gasteiger partial charge in [-0.3, -0.25) is 4.90 Å². The highest BCUT2D eigenvalue weighted by atomic mass is 32.2. The van der Waals surface area contributed by atoms with E-state index < -0.39 is 10.0 Å². The smallest absolute Gasteiger partial charge is 0.243 e. The Kier molecular flexibility index (Phi) is 6.44. The zero-order chi connectivity index (χ0) is 23.5. The summed E-state index contributed by atoms with van der Waals surface area (Å²) in [6, 6.07) is 14.9. The standard InChI is InChI=1S/C24H29N5O4S/c25-24-20(16-26-29(24)17-19-5-2-1-3-6-19)18-27-9-11-28(12-10-27)34(30,31)21-7-8-22-23(15-21)33-14-4-13-32-22/h1-3,5-8,15-16H,4,9-14,17-18,25H2. The Bertz CT molecular complexity index is 1240. The van der Waals surface area contributed by atoms with Crippen LogP contribution in [0.3, 0.4) is 0 Å². The van der Waals surface area contributed by atoms with Gasteiger partial charge < -0.3 is 15.2 Å². The first kappa shape index (κ1) is 22.7. The molecule has 0 bridgehead atoms. The topological polar surface area (TPSA) is 103 Å². The van der Waals surface area contributed by atoms with E-state index in [1.165, 1.54) is 4.31 Å². The van der Waals surface area contributed by atoms with Crippen molar-refractivity contribution in [3.63, 3.8) is 0 Å². The lowest BCUT2D eigenvalue weighted by Gasteiger charge is -2.33. The molecule has 3 heterocycles. The molecule has 0 amide bonds. The van der Waals surface area contributed by atoms with Crippen LogP contribution in [0.1, 0.15) is 17.5 Å². The van der Waals surface area contributed by atoms with Gasteiger partial charge in [-0.25, -0.2) is 13.1 Å². The second kappa shape index (κ2) is 9.65. The number of anilines is 1. The Balaban J connectivity index is 1.21. The predicted octanol–water partition coefficient (Wildman–Crippen LogP) is 2.18. The first-order valence-corrected chi connectivity index (χ1v) is 12.9. The Hall–Kier alpha value is -3.08. The van der Waals surface area contributed by atoms with Crippen LogP contribution in [-0.4, -0.2) is 66.8 Å². The van der Waals surface area contributed by atoms with Crippen LogP contribution in [-0.2, 0) is 23.1 Å². The number of piperazine rings is 1. The molecule has 0 radical (unpaired) electrons. The summed E-state index contributed by atoms with van der Waals surface area (Å²) < 4.78 is 41.1. The van der Waals surface area contributed by atoms with Crippen molar-refractivity contribution in [2.75, 3.05) is 45.1 Å². The monoisotopic (exact) mass is 483 g/mol. The Labute approximate surface area is 199 Å². The number of hydrogen-bond acceptors (Lipinski definition) is 7. The highest BCUT2D eigenvalue weighted by Gasteiger charge is 2.30. The van der Waals surface area contributed by atoms with Gasteiger partial charge in [0.15, 0.2) is 11.5 Å². The molecule has 5 rings (SSSR count). The van der Waals surface area contributed by atoms with Crippen LogP contribution in [0.5, 0.6) is 11.5 Å². The van der Waals surface area contributed by atoms with Crippen molar-refractivity contribution in [1.29, 1.82) is 0 Å². The minimum absolute atomic E-state index is 0.233. The molecule has 0 aliphatic carbocycles. The highest BCUT2D eigenvalue weighted by molar-refractivity contribution is 7.89. The van der Waals surface area contributed by atoms with Crippen LogP contribution in [0.25, 0.3) is 0 Å². The van der Waals surface area contributed by atoms with E-state index in [0.717, 1.165) is 17.5 Å². The van der Waals surface area contributed by atoms with Gasteiger partial charge in [-0.15, -0.1) is 0 Å². The predicted molar refractivity (Wildman–Crippen MR) is 128 cm³/mol. The van der Waals surface area contributed by atoms with Crippen molar-refractivity contribution >= 4 is 15.8 Å². The van der Waals surface area contributed by atoms with Crippen molar-refractivity contribution in [1.82, 2.24) is 19.0 Å². The normalized spacial score (nSPS) is 17.4. The lowest BCUT2D eigenvalue weighted by atomic mass is 10.2. The first-order valence-electron chi connectivity index (χ1n) is 11.5. The maximum atomic E-state index is 13.2. The third kappa shape index (κ3) is 4.75. The molecule has 10 heteroatoms. The van der Waals surface area contributed by atoms with Gasteiger partial charge in [0.2, 0.25) is 10.0 Å². The number of hydrogen-bond donors (Lipinski definition) is 1. The van der Waals surface area contributed by atoms with Crippen molar-refractivity contribution in [2.45, 2.75) is 24.4 Å². The van der Waals surface area contributed by atoms with Crippen LogP contribution < -0.4 is 15.2 Å². The fourth-order valence-corrected chi connectivity index (χ4v) is 5.70. The van der Waals surface area contributed by atoms with Crippen molar-refractivity contribution in [2.24, 2.45) is 0 Å². The van der Waals surface area contributed by atoms with Crippen molar-refractivity contribution in [3.05, 3.63) is 65.9 Å². The number of nitrogens with two attached hydrogens (primary N) is 1. The molecule has 0 spiro atoms. The Morgan fingerprint density at radius 3 is 2.41 bits per heavy atom. The van der Waals surface area contributed by atoms with E-state index in [4.69, 9.17) is 15.2 Å². The molecule has 2 aliphatic heterocycles. The SMILES string of the molecule is Nc1c(CN2CCN(S(=O)(=O)c3ccc4c(c3)OCCCO4)CC2)cnn1Cc1ccccc1. The number of nitrogen functional groups attached to an aromatic ring is 1. The molecule has 34 heavy (non-hydrogen) atoms. The molecule has 180 valence electrons. The van der Waals surface area contributed by atoms with Gasteiger partial charge >= 0.3 is 0 Å². The van der Waals surface area contributed by atoms with Gasteiger partial charge in [0.25, 0.3) is 0 Å². The zero-order valence-electron chi connectivity index (χ0n) is 19.0. The molecule has 0 atom stereocenters. The molecule has 0 saturated carbocycles. The summed E-state index contributed by atoms with van der Waals surface area (Å²) in [5, 5.41) is 4.45. The second-order valence-electron chi connectivity index (χ2n) is 8.54. The van der Waals surface area contributed by atoms with E-state index in [9.17, 15) is 8.42 Å². The van der Waals surface area contributed by atoms with Crippen LogP contribution >= 0.6 is 0 Å². The van der Waals surface area contributed by atoms with Crippen LogP contribution in [0, 0.1) is 0 Å². The van der Waals surface area contributed by atoms with Crippen molar-refractivity contribution < 1.29 is 17.9 Å². The summed E-state index contributed by atoms with van der Waals surface area (Å²) in [5.74, 6) is 1.72. The highest BCUT2D eigenvalue weighted by Crippen LogP contribution is 2.33. The maximum Gasteiger partial charge on any atom is 0.243 e. The quantitative estimate of drug-likeness (QED) is 0.573.